The van der Waals surface area contributed by atoms with Gasteiger partial charge in [0.2, 0.25) is 0 Å². The molecule has 0 aliphatic heterocycles. The van der Waals surface area contributed by atoms with Gasteiger partial charge in [0.1, 0.15) is 5.82 Å². The Morgan fingerprint density at radius 3 is 2.43 bits per heavy atom. The van der Waals surface area contributed by atoms with Gasteiger partial charge in [-0.15, -0.1) is 0 Å². The van der Waals surface area contributed by atoms with Gasteiger partial charge in [-0.1, -0.05) is 12.1 Å². The Balaban J connectivity index is 2.99. The normalized spacial score (nSPS) is 15.6. The molecule has 0 saturated heterocycles. The number of nitrogens with two attached hydrogens (primary N) is 1. The van der Waals surface area contributed by atoms with E-state index >= 15 is 0 Å². The minimum Gasteiger partial charge on any atom is -0.326 e. The zero-order chi connectivity index (χ0) is 10.7. The zero-order valence-electron chi connectivity index (χ0n) is 8.87. The first kappa shape index (κ1) is 11.1. The third-order valence-electron chi connectivity index (χ3n) is 2.24. The maximum absolute atomic E-state index is 13.0. The first-order valence-corrected chi connectivity index (χ1v) is 4.70. The number of hydrogen-bond acceptors (Lipinski definition) is 2. The average molecular weight is 196 g/mol. The molecule has 2 N–H and O–H groups in total. The zero-order valence-corrected chi connectivity index (χ0v) is 8.87. The lowest BCUT2D eigenvalue weighted by Gasteiger charge is -2.28. The standard InChI is InChI=1S/C11H17FN2/c1-8(13)11(14(2)3)9-5-4-6-10(12)7-9/h4-8,11H,13H2,1-3H3. The number of nitrogens with zero attached hydrogens (tertiary/aromatic N) is 1. The molecule has 0 bridgehead atoms. The van der Waals surface area contributed by atoms with E-state index < -0.39 is 0 Å². The van der Waals surface area contributed by atoms with Gasteiger partial charge in [0.05, 0.1) is 0 Å². The van der Waals surface area contributed by atoms with Crippen molar-refractivity contribution in [2.24, 2.45) is 5.73 Å². The van der Waals surface area contributed by atoms with Crippen LogP contribution in [0.15, 0.2) is 24.3 Å². The molecule has 0 fully saturated rings. The Morgan fingerprint density at radius 1 is 1.36 bits per heavy atom. The molecule has 0 spiro atoms. The summed E-state index contributed by atoms with van der Waals surface area (Å²) in [5, 5.41) is 0. The van der Waals surface area contributed by atoms with Crippen LogP contribution in [0.5, 0.6) is 0 Å². The SMILES string of the molecule is CC(N)C(c1cccc(F)c1)N(C)C. The third-order valence-corrected chi connectivity index (χ3v) is 2.24. The molecular weight excluding hydrogens is 179 g/mol. The van der Waals surface area contributed by atoms with Crippen LogP contribution in [0.4, 0.5) is 4.39 Å². The van der Waals surface area contributed by atoms with Gasteiger partial charge in [-0.05, 0) is 38.7 Å². The minimum absolute atomic E-state index is 0.0215. The Kier molecular flexibility index (Phi) is 3.61. The van der Waals surface area contributed by atoms with Crippen molar-refractivity contribution in [1.82, 2.24) is 4.90 Å². The summed E-state index contributed by atoms with van der Waals surface area (Å²) in [7, 11) is 3.89. The first-order chi connectivity index (χ1) is 6.52. The van der Waals surface area contributed by atoms with Gasteiger partial charge in [0, 0.05) is 12.1 Å². The Hall–Kier alpha value is -0.930. The van der Waals surface area contributed by atoms with Crippen LogP contribution in [0, 0.1) is 5.82 Å². The second-order valence-corrected chi connectivity index (χ2v) is 3.82. The molecule has 2 unspecified atom stereocenters. The smallest absolute Gasteiger partial charge is 0.123 e. The number of hydrogen-bond donors (Lipinski definition) is 1. The van der Waals surface area contributed by atoms with Crippen LogP contribution in [-0.4, -0.2) is 25.0 Å². The molecule has 2 atom stereocenters. The highest BCUT2D eigenvalue weighted by molar-refractivity contribution is 5.21. The molecule has 0 aliphatic rings. The van der Waals surface area contributed by atoms with Gasteiger partial charge in [0.15, 0.2) is 0 Å². The lowest BCUT2D eigenvalue weighted by Crippen LogP contribution is -2.35. The second kappa shape index (κ2) is 4.53. The molecule has 2 nitrogen and oxygen atoms in total. The van der Waals surface area contributed by atoms with Crippen molar-refractivity contribution < 1.29 is 4.39 Å². The molecule has 0 saturated carbocycles. The molecule has 1 aromatic carbocycles. The van der Waals surface area contributed by atoms with E-state index in [1.165, 1.54) is 12.1 Å². The van der Waals surface area contributed by atoms with E-state index in [0.29, 0.717) is 0 Å². The fraction of sp³-hybridized carbons (Fsp3) is 0.455. The Morgan fingerprint density at radius 2 is 2.00 bits per heavy atom. The highest BCUT2D eigenvalue weighted by Gasteiger charge is 2.18. The molecule has 14 heavy (non-hydrogen) atoms. The predicted molar refractivity (Wildman–Crippen MR) is 56.5 cm³/mol. The van der Waals surface area contributed by atoms with E-state index in [9.17, 15) is 4.39 Å². The second-order valence-electron chi connectivity index (χ2n) is 3.82. The Bertz CT molecular complexity index is 289. The van der Waals surface area contributed by atoms with Crippen LogP contribution in [0.3, 0.4) is 0 Å². The van der Waals surface area contributed by atoms with Gasteiger partial charge in [-0.2, -0.15) is 0 Å². The molecule has 1 aromatic rings. The van der Waals surface area contributed by atoms with Crippen LogP contribution < -0.4 is 5.73 Å². The minimum atomic E-state index is -0.213. The van der Waals surface area contributed by atoms with E-state index in [-0.39, 0.29) is 17.9 Å². The van der Waals surface area contributed by atoms with Crippen LogP contribution in [0.2, 0.25) is 0 Å². The maximum Gasteiger partial charge on any atom is 0.123 e. The van der Waals surface area contributed by atoms with E-state index in [1.54, 1.807) is 6.07 Å². The molecular formula is C11H17FN2. The molecule has 0 heterocycles. The molecule has 0 amide bonds. The van der Waals surface area contributed by atoms with Crippen LogP contribution in [0.1, 0.15) is 18.5 Å². The number of rotatable bonds is 3. The van der Waals surface area contributed by atoms with Crippen molar-refractivity contribution >= 4 is 0 Å². The van der Waals surface area contributed by atoms with Crippen molar-refractivity contribution in [3.05, 3.63) is 35.6 Å². The number of likely N-dealkylation sites (N-methyl/N-ethyl adjacent to an activating group) is 1. The fourth-order valence-corrected chi connectivity index (χ4v) is 1.76. The summed E-state index contributed by atoms with van der Waals surface area (Å²) in [6.45, 7) is 1.93. The lowest BCUT2D eigenvalue weighted by molar-refractivity contribution is 0.265. The maximum atomic E-state index is 13.0. The monoisotopic (exact) mass is 196 g/mol. The largest absolute Gasteiger partial charge is 0.326 e. The summed E-state index contributed by atoms with van der Waals surface area (Å²) in [5.41, 5.74) is 6.78. The van der Waals surface area contributed by atoms with Crippen molar-refractivity contribution in [2.75, 3.05) is 14.1 Å². The molecule has 78 valence electrons. The van der Waals surface area contributed by atoms with Crippen molar-refractivity contribution in [2.45, 2.75) is 19.0 Å². The highest BCUT2D eigenvalue weighted by Crippen LogP contribution is 2.21. The van der Waals surface area contributed by atoms with Crippen molar-refractivity contribution in [3.8, 4) is 0 Å². The van der Waals surface area contributed by atoms with E-state index in [0.717, 1.165) is 5.56 Å². The first-order valence-electron chi connectivity index (χ1n) is 4.70. The van der Waals surface area contributed by atoms with Gasteiger partial charge in [-0.25, -0.2) is 4.39 Å². The van der Waals surface area contributed by atoms with Gasteiger partial charge in [-0.3, -0.25) is 0 Å². The van der Waals surface area contributed by atoms with Crippen LogP contribution in [-0.2, 0) is 0 Å². The van der Waals surface area contributed by atoms with E-state index in [2.05, 4.69) is 0 Å². The molecule has 0 aromatic heterocycles. The lowest BCUT2D eigenvalue weighted by atomic mass is 10.00. The van der Waals surface area contributed by atoms with Crippen LogP contribution >= 0.6 is 0 Å². The number of benzene rings is 1. The fourth-order valence-electron chi connectivity index (χ4n) is 1.76. The summed E-state index contributed by atoms with van der Waals surface area (Å²) < 4.78 is 13.0. The van der Waals surface area contributed by atoms with E-state index in [4.69, 9.17) is 5.73 Å². The summed E-state index contributed by atoms with van der Waals surface area (Å²) >= 11 is 0. The number of halogens is 1. The molecule has 0 radical (unpaired) electrons. The summed E-state index contributed by atoms with van der Waals surface area (Å²) in [6, 6.07) is 6.63. The average Bonchev–Trinajstić information content (AvgIpc) is 2.02. The molecule has 0 aliphatic carbocycles. The van der Waals surface area contributed by atoms with Crippen molar-refractivity contribution in [1.29, 1.82) is 0 Å². The Labute approximate surface area is 84.5 Å². The molecule has 1 rings (SSSR count). The topological polar surface area (TPSA) is 29.3 Å². The van der Waals surface area contributed by atoms with E-state index in [1.807, 2.05) is 32.0 Å². The summed E-state index contributed by atoms with van der Waals surface area (Å²) in [5.74, 6) is -0.213. The van der Waals surface area contributed by atoms with Gasteiger partial charge < -0.3 is 10.6 Å². The quantitative estimate of drug-likeness (QED) is 0.798. The van der Waals surface area contributed by atoms with Crippen molar-refractivity contribution in [3.63, 3.8) is 0 Å². The third kappa shape index (κ3) is 2.53. The summed E-state index contributed by atoms with van der Waals surface area (Å²) in [6.07, 6.45) is 0. The molecule has 3 heteroatoms. The predicted octanol–water partition coefficient (Wildman–Crippen LogP) is 1.78. The van der Waals surface area contributed by atoms with Gasteiger partial charge >= 0.3 is 0 Å². The summed E-state index contributed by atoms with van der Waals surface area (Å²) in [4.78, 5) is 2.00. The van der Waals surface area contributed by atoms with Crippen LogP contribution in [0.25, 0.3) is 0 Å². The highest BCUT2D eigenvalue weighted by atomic mass is 19.1. The van der Waals surface area contributed by atoms with Gasteiger partial charge in [0.25, 0.3) is 0 Å².